The molecule has 0 aromatic carbocycles. The lowest BCUT2D eigenvalue weighted by Gasteiger charge is -2.48. The van der Waals surface area contributed by atoms with Crippen LogP contribution in [0.2, 0.25) is 0 Å². The van der Waals surface area contributed by atoms with Gasteiger partial charge in [0.2, 0.25) is 0 Å². The monoisotopic (exact) mass is 661 g/mol. The van der Waals surface area contributed by atoms with Crippen molar-refractivity contribution in [3.05, 3.63) is 10.4 Å². The number of hydrogen-bond acceptors (Lipinski definition) is 19. The predicted molar refractivity (Wildman–Crippen MR) is 141 cm³/mol. The van der Waals surface area contributed by atoms with E-state index in [2.05, 4.69) is 10.0 Å². The van der Waals surface area contributed by atoms with Crippen LogP contribution >= 0.6 is 0 Å². The largest absolute Gasteiger partial charge is 0.394 e. The second-order valence-electron chi connectivity index (χ2n) is 10.4. The van der Waals surface area contributed by atoms with Crippen molar-refractivity contribution in [2.75, 3.05) is 59.4 Å². The third kappa shape index (κ3) is 9.81. The van der Waals surface area contributed by atoms with Crippen LogP contribution in [-0.4, -0.2) is 203 Å². The molecule has 3 aliphatic heterocycles. The van der Waals surface area contributed by atoms with Gasteiger partial charge in [-0.1, -0.05) is 5.11 Å². The Morgan fingerprint density at radius 3 is 1.67 bits per heavy atom. The zero-order chi connectivity index (χ0) is 33.1. The molecule has 262 valence electrons. The first kappa shape index (κ1) is 38.0. The van der Waals surface area contributed by atoms with Crippen LogP contribution in [0.3, 0.4) is 0 Å². The van der Waals surface area contributed by atoms with Crippen LogP contribution in [0.5, 0.6) is 0 Å². The minimum absolute atomic E-state index is 0.0505. The van der Waals surface area contributed by atoms with Crippen LogP contribution in [-0.2, 0) is 37.9 Å². The van der Waals surface area contributed by atoms with Crippen molar-refractivity contribution >= 4 is 0 Å². The topological polar surface area (TPSA) is 325 Å². The summed E-state index contributed by atoms with van der Waals surface area (Å²) in [7, 11) is 0. The fraction of sp³-hybridized carbons (Fsp3) is 1.00. The van der Waals surface area contributed by atoms with E-state index in [1.807, 2.05) is 0 Å². The summed E-state index contributed by atoms with van der Waals surface area (Å²) in [5, 5.41) is 106. The molecule has 0 aliphatic carbocycles. The molecule has 10 N–H and O–H groups in total. The molecule has 3 saturated heterocycles. The molecule has 0 unspecified atom stereocenters. The molecule has 3 rings (SSSR count). The van der Waals surface area contributed by atoms with Crippen molar-refractivity contribution in [1.82, 2.24) is 0 Å². The number of rotatable bonds is 17. The van der Waals surface area contributed by atoms with E-state index in [1.165, 1.54) is 0 Å². The molecular weight excluding hydrogens is 618 g/mol. The lowest BCUT2D eigenvalue weighted by Crippen LogP contribution is -2.66. The second-order valence-corrected chi connectivity index (χ2v) is 10.4. The molecule has 0 amide bonds. The summed E-state index contributed by atoms with van der Waals surface area (Å²) >= 11 is 0. The van der Waals surface area contributed by atoms with Gasteiger partial charge >= 0.3 is 0 Å². The van der Waals surface area contributed by atoms with Crippen molar-refractivity contribution < 1.29 is 89.0 Å². The summed E-state index contributed by atoms with van der Waals surface area (Å²) in [6.45, 7) is -1.55. The Labute approximate surface area is 256 Å². The van der Waals surface area contributed by atoms with Gasteiger partial charge < -0.3 is 89.0 Å². The molecular formula is C24H43N3O18. The first-order valence-corrected chi connectivity index (χ1v) is 14.2. The van der Waals surface area contributed by atoms with Gasteiger partial charge in [-0.25, -0.2) is 0 Å². The number of ether oxygens (including phenoxy) is 8. The highest BCUT2D eigenvalue weighted by atomic mass is 16.8. The van der Waals surface area contributed by atoms with Crippen LogP contribution in [0.25, 0.3) is 10.4 Å². The summed E-state index contributed by atoms with van der Waals surface area (Å²) in [6.07, 6.45) is -25.0. The van der Waals surface area contributed by atoms with E-state index in [0.29, 0.717) is 0 Å². The standard InChI is InChI=1S/C24H43N3O18/c25-27-26-1-2-38-3-4-39-5-6-40-22-18(36)16(34)20(12(9-30)43-22)44-24-19(37)21(14(32)11(8-29)42-24)45-23-17(35)15(33)13(31)10(7-28)41-23/h10-24,28-37H,1-9H2/t10-,11-,12-,13+,14+,15+,16-,17-,18-,19-,20+,21+,22-,23-,24+/m1/s1. The van der Waals surface area contributed by atoms with E-state index < -0.39 is 112 Å². The van der Waals surface area contributed by atoms with Gasteiger partial charge in [-0.05, 0) is 5.53 Å². The van der Waals surface area contributed by atoms with Gasteiger partial charge in [0, 0.05) is 11.5 Å². The van der Waals surface area contributed by atoms with E-state index in [9.17, 15) is 51.1 Å². The molecule has 0 radical (unpaired) electrons. The summed E-state index contributed by atoms with van der Waals surface area (Å²) in [5.74, 6) is 0. The highest BCUT2D eigenvalue weighted by Gasteiger charge is 2.53. The lowest BCUT2D eigenvalue weighted by atomic mass is 9.96. The fourth-order valence-electron chi connectivity index (χ4n) is 4.87. The molecule has 45 heavy (non-hydrogen) atoms. The summed E-state index contributed by atoms with van der Waals surface area (Å²) in [4.78, 5) is 2.59. The SMILES string of the molecule is [N-]=[N+]=NCCOCCOCCO[C@@H]1O[C@H](CO)[C@H](O[C@@H]2O[C@H](CO)[C@H](O)[C@H](O[C@H]3O[C@H](CO)[C@H](O)[C@H](O)[C@H]3O)[C@H]2O)[C@H](O)[C@H]1O. The first-order chi connectivity index (χ1) is 21.6. The maximum absolute atomic E-state index is 11.0. The molecule has 3 heterocycles. The number of azide groups is 1. The highest BCUT2D eigenvalue weighted by molar-refractivity contribution is 4.96. The Morgan fingerprint density at radius 2 is 1.04 bits per heavy atom. The van der Waals surface area contributed by atoms with Crippen molar-refractivity contribution in [2.24, 2.45) is 5.11 Å². The number of aliphatic hydroxyl groups is 10. The average Bonchev–Trinajstić information content (AvgIpc) is 3.04. The van der Waals surface area contributed by atoms with Gasteiger partial charge in [0.15, 0.2) is 18.9 Å². The van der Waals surface area contributed by atoms with Crippen molar-refractivity contribution in [3.63, 3.8) is 0 Å². The number of aliphatic hydroxyl groups excluding tert-OH is 10. The Morgan fingerprint density at radius 1 is 0.533 bits per heavy atom. The van der Waals surface area contributed by atoms with E-state index in [1.54, 1.807) is 0 Å². The molecule has 3 aliphatic rings. The Bertz CT molecular complexity index is 901. The van der Waals surface area contributed by atoms with Crippen molar-refractivity contribution in [3.8, 4) is 0 Å². The summed E-state index contributed by atoms with van der Waals surface area (Å²) in [5.41, 5.74) is 8.19. The van der Waals surface area contributed by atoms with E-state index in [-0.39, 0.29) is 39.6 Å². The molecule has 0 bridgehead atoms. The van der Waals surface area contributed by atoms with Gasteiger partial charge in [0.25, 0.3) is 0 Å². The van der Waals surface area contributed by atoms with Gasteiger partial charge in [-0.2, -0.15) is 0 Å². The Hall–Kier alpha value is -1.41. The van der Waals surface area contributed by atoms with Gasteiger partial charge in [-0.3, -0.25) is 0 Å². The smallest absolute Gasteiger partial charge is 0.187 e. The van der Waals surface area contributed by atoms with Gasteiger partial charge in [0.1, 0.15) is 73.2 Å². The van der Waals surface area contributed by atoms with E-state index in [0.717, 1.165) is 0 Å². The van der Waals surface area contributed by atoms with Crippen LogP contribution in [0, 0.1) is 0 Å². The molecule has 0 spiro atoms. The highest BCUT2D eigenvalue weighted by Crippen LogP contribution is 2.32. The third-order valence-electron chi connectivity index (χ3n) is 7.35. The average molecular weight is 662 g/mol. The lowest BCUT2D eigenvalue weighted by molar-refractivity contribution is -0.380. The summed E-state index contributed by atoms with van der Waals surface area (Å²) in [6, 6.07) is 0. The van der Waals surface area contributed by atoms with Crippen LogP contribution in [0.15, 0.2) is 5.11 Å². The zero-order valence-corrected chi connectivity index (χ0v) is 24.1. The van der Waals surface area contributed by atoms with E-state index >= 15 is 0 Å². The fourth-order valence-corrected chi connectivity index (χ4v) is 4.87. The first-order valence-electron chi connectivity index (χ1n) is 14.2. The molecule has 21 nitrogen and oxygen atoms in total. The zero-order valence-electron chi connectivity index (χ0n) is 24.1. The van der Waals surface area contributed by atoms with Gasteiger partial charge in [0.05, 0.1) is 52.9 Å². The minimum atomic E-state index is -1.92. The van der Waals surface area contributed by atoms with Crippen LogP contribution < -0.4 is 0 Å². The molecule has 0 saturated carbocycles. The van der Waals surface area contributed by atoms with Crippen LogP contribution in [0.4, 0.5) is 0 Å². The molecule has 15 atom stereocenters. The third-order valence-corrected chi connectivity index (χ3v) is 7.35. The second kappa shape index (κ2) is 18.8. The number of nitrogens with zero attached hydrogens (tertiary/aromatic N) is 3. The quantitative estimate of drug-likeness (QED) is 0.0300. The van der Waals surface area contributed by atoms with Gasteiger partial charge in [-0.15, -0.1) is 0 Å². The molecule has 3 fully saturated rings. The van der Waals surface area contributed by atoms with Crippen molar-refractivity contribution in [2.45, 2.75) is 92.1 Å². The van der Waals surface area contributed by atoms with Crippen LogP contribution in [0.1, 0.15) is 0 Å². The maximum atomic E-state index is 11.0. The van der Waals surface area contributed by atoms with Crippen molar-refractivity contribution in [1.29, 1.82) is 0 Å². The van der Waals surface area contributed by atoms with E-state index in [4.69, 9.17) is 43.4 Å². The molecule has 0 aromatic heterocycles. The predicted octanol–water partition coefficient (Wildman–Crippen LogP) is -6.21. The normalized spacial score (nSPS) is 42.3. The molecule has 0 aromatic rings. The maximum Gasteiger partial charge on any atom is 0.187 e. The Kier molecular flexibility index (Phi) is 15.9. The number of hydrogen-bond donors (Lipinski definition) is 10. The molecule has 21 heteroatoms. The Balaban J connectivity index is 1.57. The minimum Gasteiger partial charge on any atom is -0.394 e. The summed E-state index contributed by atoms with van der Waals surface area (Å²) < 4.78 is 43.4.